The van der Waals surface area contributed by atoms with Crippen molar-refractivity contribution in [3.63, 3.8) is 0 Å². The van der Waals surface area contributed by atoms with E-state index < -0.39 is 6.36 Å². The molecule has 1 heterocycles. The number of nitrogens with zero attached hydrogens (tertiary/aromatic N) is 1. The van der Waals surface area contributed by atoms with Gasteiger partial charge in [0.05, 0.1) is 0 Å². The molecule has 0 bridgehead atoms. The first-order chi connectivity index (χ1) is 11.3. The molecule has 0 aliphatic carbocycles. The molecule has 2 rings (SSSR count). The fraction of sp³-hybridized carbons (Fsp3) is 0.471. The zero-order valence-corrected chi connectivity index (χ0v) is 13.3. The molecular weight excluding hydrogens is 323 g/mol. The molecule has 0 saturated carbocycles. The molecule has 1 N–H and O–H groups in total. The Labute approximate surface area is 138 Å². The van der Waals surface area contributed by atoms with Crippen molar-refractivity contribution in [3.05, 3.63) is 35.9 Å². The number of carbonyl (C=O) groups is 1. The van der Waals surface area contributed by atoms with Gasteiger partial charge in [0.15, 0.2) is 0 Å². The fourth-order valence-corrected chi connectivity index (χ4v) is 2.73. The molecule has 1 aromatic rings. The van der Waals surface area contributed by atoms with Crippen LogP contribution in [0.3, 0.4) is 0 Å². The summed E-state index contributed by atoms with van der Waals surface area (Å²) in [6, 6.07) is 5.67. The number of carbonyl (C=O) groups excluding carboxylic acids is 1. The number of aliphatic hydroxyl groups excluding tert-OH is 1. The van der Waals surface area contributed by atoms with E-state index in [0.29, 0.717) is 6.54 Å². The first kappa shape index (κ1) is 18.3. The topological polar surface area (TPSA) is 49.8 Å². The molecular formula is C17H20F3NO3. The van der Waals surface area contributed by atoms with Gasteiger partial charge >= 0.3 is 6.36 Å². The highest BCUT2D eigenvalue weighted by molar-refractivity contribution is 5.92. The monoisotopic (exact) mass is 343 g/mol. The molecule has 1 saturated heterocycles. The number of hydrogen-bond donors (Lipinski definition) is 1. The molecule has 1 aliphatic rings. The van der Waals surface area contributed by atoms with E-state index in [9.17, 15) is 23.1 Å². The molecule has 2 atom stereocenters. The average Bonchev–Trinajstić information content (AvgIpc) is 2.53. The minimum Gasteiger partial charge on any atom is -0.405 e. The number of alkyl halides is 3. The molecule has 132 valence electrons. The molecule has 0 spiro atoms. The number of likely N-dealkylation sites (tertiary alicyclic amines) is 1. The van der Waals surface area contributed by atoms with Crippen LogP contribution in [0.2, 0.25) is 0 Å². The maximum Gasteiger partial charge on any atom is 0.573 e. The number of halogens is 3. The fourth-order valence-electron chi connectivity index (χ4n) is 2.73. The number of amides is 1. The highest BCUT2D eigenvalue weighted by Gasteiger charge is 2.32. The molecule has 4 nitrogen and oxygen atoms in total. The molecule has 24 heavy (non-hydrogen) atoms. The van der Waals surface area contributed by atoms with Gasteiger partial charge in [-0.3, -0.25) is 4.79 Å². The van der Waals surface area contributed by atoms with E-state index in [1.807, 2.05) is 6.92 Å². The molecule has 1 aliphatic heterocycles. The number of rotatable bonds is 4. The van der Waals surface area contributed by atoms with Gasteiger partial charge in [-0.25, -0.2) is 0 Å². The lowest BCUT2D eigenvalue weighted by Gasteiger charge is -2.36. The van der Waals surface area contributed by atoms with Gasteiger partial charge in [0.1, 0.15) is 5.75 Å². The number of para-hydroxylation sites is 1. The third-order valence-corrected chi connectivity index (χ3v) is 4.07. The lowest BCUT2D eigenvalue weighted by Crippen LogP contribution is -2.45. The summed E-state index contributed by atoms with van der Waals surface area (Å²) in [5, 5.41) is 9.25. The second-order valence-electron chi connectivity index (χ2n) is 5.88. The van der Waals surface area contributed by atoms with Gasteiger partial charge in [0, 0.05) is 30.8 Å². The van der Waals surface area contributed by atoms with E-state index in [0.717, 1.165) is 12.8 Å². The minimum absolute atomic E-state index is 0.0163. The number of hydrogen-bond acceptors (Lipinski definition) is 3. The predicted octanol–water partition coefficient (Wildman–Crippen LogP) is 3.22. The van der Waals surface area contributed by atoms with E-state index in [1.54, 1.807) is 11.0 Å². The molecule has 2 unspecified atom stereocenters. The van der Waals surface area contributed by atoms with Crippen molar-refractivity contribution < 1.29 is 27.8 Å². The second-order valence-corrected chi connectivity index (χ2v) is 5.88. The van der Waals surface area contributed by atoms with Gasteiger partial charge in [-0.1, -0.05) is 18.2 Å². The highest BCUT2D eigenvalue weighted by atomic mass is 19.4. The summed E-state index contributed by atoms with van der Waals surface area (Å²) < 4.78 is 41.2. The van der Waals surface area contributed by atoms with Crippen LogP contribution in [0.5, 0.6) is 5.75 Å². The number of ether oxygens (including phenoxy) is 1. The Bertz CT molecular complexity index is 601. The third-order valence-electron chi connectivity index (χ3n) is 4.07. The van der Waals surface area contributed by atoms with E-state index in [1.165, 1.54) is 30.4 Å². The van der Waals surface area contributed by atoms with Crippen molar-refractivity contribution in [2.75, 3.05) is 13.2 Å². The number of piperidine rings is 1. The summed E-state index contributed by atoms with van der Waals surface area (Å²) in [5.74, 6) is -0.601. The van der Waals surface area contributed by atoms with Crippen LogP contribution >= 0.6 is 0 Å². The lowest BCUT2D eigenvalue weighted by molar-refractivity contribution is -0.274. The van der Waals surface area contributed by atoms with Crippen molar-refractivity contribution in [2.45, 2.75) is 32.2 Å². The Morgan fingerprint density at radius 1 is 1.38 bits per heavy atom. The van der Waals surface area contributed by atoms with Gasteiger partial charge in [-0.15, -0.1) is 13.2 Å². The highest BCUT2D eigenvalue weighted by Crippen LogP contribution is 2.27. The Morgan fingerprint density at radius 2 is 2.08 bits per heavy atom. The quantitative estimate of drug-likeness (QED) is 0.854. The first-order valence-electron chi connectivity index (χ1n) is 7.74. The van der Waals surface area contributed by atoms with E-state index in [4.69, 9.17) is 0 Å². The summed E-state index contributed by atoms with van der Waals surface area (Å²) in [4.78, 5) is 14.0. The average molecular weight is 343 g/mol. The molecule has 1 amide bonds. The standard InChI is InChI=1S/C17H20F3NO3/c1-12-6-7-13(11-22)10-21(12)16(23)9-8-14-4-2-3-5-15(14)24-17(18,19)20/h2-5,8-9,12-13,22H,6-7,10-11H2,1H3/b9-8+. The largest absolute Gasteiger partial charge is 0.573 e. The maximum absolute atomic E-state index is 12.4. The van der Waals surface area contributed by atoms with Crippen LogP contribution in [0.1, 0.15) is 25.3 Å². The smallest absolute Gasteiger partial charge is 0.405 e. The van der Waals surface area contributed by atoms with Crippen LogP contribution in [0.15, 0.2) is 30.3 Å². The summed E-state index contributed by atoms with van der Waals surface area (Å²) in [7, 11) is 0. The van der Waals surface area contributed by atoms with Crippen LogP contribution in [-0.4, -0.2) is 41.5 Å². The van der Waals surface area contributed by atoms with Crippen molar-refractivity contribution in [1.82, 2.24) is 4.90 Å². The first-order valence-corrected chi connectivity index (χ1v) is 7.74. The summed E-state index contributed by atoms with van der Waals surface area (Å²) in [6.07, 6.45) is -0.580. The van der Waals surface area contributed by atoms with Gasteiger partial charge in [0.2, 0.25) is 5.91 Å². The van der Waals surface area contributed by atoms with Crippen LogP contribution in [0.25, 0.3) is 6.08 Å². The minimum atomic E-state index is -4.79. The van der Waals surface area contributed by atoms with Gasteiger partial charge in [-0.2, -0.15) is 0 Å². The van der Waals surface area contributed by atoms with E-state index in [-0.39, 0.29) is 35.8 Å². The van der Waals surface area contributed by atoms with Crippen molar-refractivity contribution in [3.8, 4) is 5.75 Å². The van der Waals surface area contributed by atoms with Gasteiger partial charge < -0.3 is 14.7 Å². The second kappa shape index (κ2) is 7.70. The number of aliphatic hydroxyl groups is 1. The summed E-state index contributed by atoms with van der Waals surface area (Å²) >= 11 is 0. The molecule has 1 aromatic carbocycles. The van der Waals surface area contributed by atoms with E-state index >= 15 is 0 Å². The normalized spacial score (nSPS) is 22.0. The number of benzene rings is 1. The summed E-state index contributed by atoms with van der Waals surface area (Å²) in [5.41, 5.74) is 0.173. The van der Waals surface area contributed by atoms with E-state index in [2.05, 4.69) is 4.74 Å². The van der Waals surface area contributed by atoms with Gasteiger partial charge in [0.25, 0.3) is 0 Å². The molecule has 0 aromatic heterocycles. The van der Waals surface area contributed by atoms with Gasteiger partial charge in [-0.05, 0) is 37.8 Å². The van der Waals surface area contributed by atoms with Crippen molar-refractivity contribution in [2.24, 2.45) is 5.92 Å². The Morgan fingerprint density at radius 3 is 2.75 bits per heavy atom. The Balaban J connectivity index is 2.11. The van der Waals surface area contributed by atoms with Crippen LogP contribution in [-0.2, 0) is 4.79 Å². The molecule has 1 fully saturated rings. The van der Waals surface area contributed by atoms with Crippen molar-refractivity contribution in [1.29, 1.82) is 0 Å². The Kier molecular flexibility index (Phi) is 5.88. The molecule has 7 heteroatoms. The van der Waals surface area contributed by atoms with Crippen LogP contribution in [0, 0.1) is 5.92 Å². The van der Waals surface area contributed by atoms with Crippen molar-refractivity contribution >= 4 is 12.0 Å². The summed E-state index contributed by atoms with van der Waals surface area (Å²) in [6.45, 7) is 2.38. The zero-order valence-electron chi connectivity index (χ0n) is 13.3. The lowest BCUT2D eigenvalue weighted by atomic mass is 9.94. The van der Waals surface area contributed by atoms with Crippen LogP contribution < -0.4 is 4.74 Å². The SMILES string of the molecule is CC1CCC(CO)CN1C(=O)/C=C/c1ccccc1OC(F)(F)F. The molecule has 0 radical (unpaired) electrons. The zero-order chi connectivity index (χ0) is 17.7. The third kappa shape index (κ3) is 4.99. The maximum atomic E-state index is 12.4. The Hall–Kier alpha value is -2.02. The van der Waals surface area contributed by atoms with Crippen LogP contribution in [0.4, 0.5) is 13.2 Å². The predicted molar refractivity (Wildman–Crippen MR) is 83.1 cm³/mol.